The maximum absolute atomic E-state index is 12.7. The molecule has 0 bridgehead atoms. The monoisotopic (exact) mass is 350 g/mol. The minimum Gasteiger partial charge on any atom is -0.381 e. The Bertz CT molecular complexity index is 572. The van der Waals surface area contributed by atoms with Crippen LogP contribution < -0.4 is 11.1 Å². The zero-order valence-electron chi connectivity index (χ0n) is 14.1. The fourth-order valence-corrected chi connectivity index (χ4v) is 4.39. The number of rotatable bonds is 5. The van der Waals surface area contributed by atoms with Gasteiger partial charge in [-0.3, -0.25) is 4.79 Å². The van der Waals surface area contributed by atoms with Crippen LogP contribution in [0, 0.1) is 11.8 Å². The predicted molar refractivity (Wildman–Crippen MR) is 96.1 cm³/mol. The van der Waals surface area contributed by atoms with Gasteiger partial charge in [0.25, 0.3) is 0 Å². The van der Waals surface area contributed by atoms with Crippen molar-refractivity contribution in [1.29, 1.82) is 0 Å². The van der Waals surface area contributed by atoms with Gasteiger partial charge in [-0.2, -0.15) is 0 Å². The van der Waals surface area contributed by atoms with Gasteiger partial charge in [-0.25, -0.2) is 0 Å². The Morgan fingerprint density at radius 2 is 2.12 bits per heavy atom. The normalized spacial score (nSPS) is 26.2. The van der Waals surface area contributed by atoms with Crippen LogP contribution in [0.4, 0.5) is 0 Å². The molecule has 2 aliphatic rings. The summed E-state index contributed by atoms with van der Waals surface area (Å²) in [6.07, 6.45) is 4.94. The molecule has 0 aromatic heterocycles. The van der Waals surface area contributed by atoms with Gasteiger partial charge in [0.15, 0.2) is 0 Å². The Hall–Kier alpha value is -1.10. The minimum absolute atomic E-state index is 0.0752. The highest BCUT2D eigenvalue weighted by atomic mass is 35.5. The lowest BCUT2D eigenvalue weighted by molar-refractivity contribution is -0.126. The third-order valence-corrected chi connectivity index (χ3v) is 6.02. The summed E-state index contributed by atoms with van der Waals surface area (Å²) >= 11 is 6.20. The van der Waals surface area contributed by atoms with E-state index < -0.39 is 0 Å². The number of amides is 1. The van der Waals surface area contributed by atoms with E-state index in [0.29, 0.717) is 19.0 Å². The molecule has 24 heavy (non-hydrogen) atoms. The molecule has 0 spiro atoms. The minimum atomic E-state index is -0.0877. The maximum atomic E-state index is 12.7. The molecule has 5 heteroatoms. The molecule has 1 saturated heterocycles. The Morgan fingerprint density at radius 1 is 1.33 bits per heavy atom. The second-order valence-electron chi connectivity index (χ2n) is 7.15. The molecule has 4 nitrogen and oxygen atoms in total. The Labute approximate surface area is 149 Å². The summed E-state index contributed by atoms with van der Waals surface area (Å²) in [4.78, 5) is 12.7. The number of hydrogen-bond donors (Lipinski definition) is 2. The Balaban J connectivity index is 1.72. The number of nitrogens with one attached hydrogen (secondary N) is 1. The molecule has 132 valence electrons. The van der Waals surface area contributed by atoms with Crippen LogP contribution in [0.1, 0.15) is 37.7 Å². The van der Waals surface area contributed by atoms with E-state index in [9.17, 15) is 4.79 Å². The summed E-state index contributed by atoms with van der Waals surface area (Å²) in [7, 11) is 0. The standard InChI is InChI=1S/C19H27ClN2O2/c20-16-5-2-4-15(11-16)19(7-9-24-10-8-19)13-22-18(23)17-6-1-3-14(17)12-21/h2,4-5,11,14,17H,1,3,6-10,12-13,21H2,(H,22,23)/t14-,17-/m1/s1. The van der Waals surface area contributed by atoms with E-state index in [4.69, 9.17) is 22.1 Å². The predicted octanol–water partition coefficient (Wildman–Crippen LogP) is 2.88. The molecule has 3 N–H and O–H groups in total. The highest BCUT2D eigenvalue weighted by Gasteiger charge is 2.37. The van der Waals surface area contributed by atoms with Crippen LogP contribution >= 0.6 is 11.6 Å². The van der Waals surface area contributed by atoms with Crippen molar-refractivity contribution in [2.24, 2.45) is 17.6 Å². The fourth-order valence-electron chi connectivity index (χ4n) is 4.20. The van der Waals surface area contributed by atoms with Crippen molar-refractivity contribution in [2.45, 2.75) is 37.5 Å². The average Bonchev–Trinajstić information content (AvgIpc) is 3.09. The highest BCUT2D eigenvalue weighted by molar-refractivity contribution is 6.30. The maximum Gasteiger partial charge on any atom is 0.223 e. The van der Waals surface area contributed by atoms with E-state index in [-0.39, 0.29) is 17.2 Å². The van der Waals surface area contributed by atoms with E-state index in [0.717, 1.165) is 50.3 Å². The molecule has 1 aromatic rings. The summed E-state index contributed by atoms with van der Waals surface area (Å²) in [6.45, 7) is 2.68. The smallest absolute Gasteiger partial charge is 0.223 e. The van der Waals surface area contributed by atoms with Gasteiger partial charge >= 0.3 is 0 Å². The van der Waals surface area contributed by atoms with E-state index in [1.54, 1.807) is 0 Å². The second-order valence-corrected chi connectivity index (χ2v) is 7.59. The molecule has 1 aromatic carbocycles. The molecule has 3 rings (SSSR count). The zero-order chi connectivity index (χ0) is 17.0. The summed E-state index contributed by atoms with van der Waals surface area (Å²) in [5.41, 5.74) is 6.93. The Morgan fingerprint density at radius 3 is 2.83 bits per heavy atom. The van der Waals surface area contributed by atoms with Gasteiger partial charge in [0.05, 0.1) is 0 Å². The Kier molecular flexibility index (Phi) is 5.80. The fraction of sp³-hybridized carbons (Fsp3) is 0.632. The van der Waals surface area contributed by atoms with E-state index in [2.05, 4.69) is 11.4 Å². The quantitative estimate of drug-likeness (QED) is 0.858. The molecule has 0 unspecified atom stereocenters. The van der Waals surface area contributed by atoms with Gasteiger partial charge in [0, 0.05) is 36.1 Å². The van der Waals surface area contributed by atoms with Crippen molar-refractivity contribution in [1.82, 2.24) is 5.32 Å². The van der Waals surface area contributed by atoms with Crippen molar-refractivity contribution in [2.75, 3.05) is 26.3 Å². The first-order valence-electron chi connectivity index (χ1n) is 8.96. The van der Waals surface area contributed by atoms with Gasteiger partial charge in [-0.05, 0) is 55.8 Å². The van der Waals surface area contributed by atoms with Gasteiger partial charge in [-0.15, -0.1) is 0 Å². The number of carbonyl (C=O) groups is 1. The second kappa shape index (κ2) is 7.85. The van der Waals surface area contributed by atoms with Gasteiger partial charge < -0.3 is 15.8 Å². The number of benzene rings is 1. The topological polar surface area (TPSA) is 64.4 Å². The number of ether oxygens (including phenoxy) is 1. The molecule has 1 saturated carbocycles. The van der Waals surface area contributed by atoms with E-state index in [1.807, 2.05) is 18.2 Å². The molecule has 1 aliphatic carbocycles. The summed E-state index contributed by atoms with van der Waals surface area (Å²) in [5, 5.41) is 3.96. The van der Waals surface area contributed by atoms with Crippen molar-refractivity contribution in [3.8, 4) is 0 Å². The number of hydrogen-bond acceptors (Lipinski definition) is 3. The molecule has 1 heterocycles. The van der Waals surface area contributed by atoms with E-state index in [1.165, 1.54) is 5.56 Å². The molecular weight excluding hydrogens is 324 g/mol. The van der Waals surface area contributed by atoms with Gasteiger partial charge in [0.2, 0.25) is 5.91 Å². The van der Waals surface area contributed by atoms with Crippen LogP contribution in [0.5, 0.6) is 0 Å². The highest BCUT2D eigenvalue weighted by Crippen LogP contribution is 2.36. The summed E-state index contributed by atoms with van der Waals surface area (Å²) < 4.78 is 5.56. The van der Waals surface area contributed by atoms with Crippen LogP contribution in [0.2, 0.25) is 5.02 Å². The zero-order valence-corrected chi connectivity index (χ0v) is 14.9. The SMILES string of the molecule is NC[C@H]1CCC[C@H]1C(=O)NCC1(c2cccc(Cl)c2)CCOCC1. The summed E-state index contributed by atoms with van der Waals surface area (Å²) in [6, 6.07) is 8.01. The van der Waals surface area contributed by atoms with Gasteiger partial charge in [0.1, 0.15) is 0 Å². The molecule has 2 atom stereocenters. The van der Waals surface area contributed by atoms with Crippen molar-refractivity contribution < 1.29 is 9.53 Å². The van der Waals surface area contributed by atoms with Crippen LogP contribution in [0.15, 0.2) is 24.3 Å². The first-order valence-corrected chi connectivity index (χ1v) is 9.34. The first kappa shape index (κ1) is 17.7. The van der Waals surface area contributed by atoms with Crippen LogP contribution in [-0.4, -0.2) is 32.2 Å². The lowest BCUT2D eigenvalue weighted by Crippen LogP contribution is -2.46. The number of halogens is 1. The van der Waals surface area contributed by atoms with E-state index >= 15 is 0 Å². The van der Waals surface area contributed by atoms with Crippen LogP contribution in [-0.2, 0) is 14.9 Å². The van der Waals surface area contributed by atoms with Crippen molar-refractivity contribution >= 4 is 17.5 Å². The molecule has 0 radical (unpaired) electrons. The lowest BCUT2D eigenvalue weighted by Gasteiger charge is -2.38. The van der Waals surface area contributed by atoms with Crippen molar-refractivity contribution in [3.63, 3.8) is 0 Å². The third-order valence-electron chi connectivity index (χ3n) is 5.79. The number of carbonyl (C=O) groups excluding carboxylic acids is 1. The third kappa shape index (κ3) is 3.76. The first-order chi connectivity index (χ1) is 11.6. The summed E-state index contributed by atoms with van der Waals surface area (Å²) in [5.74, 6) is 0.573. The van der Waals surface area contributed by atoms with Crippen LogP contribution in [0.3, 0.4) is 0 Å². The molecular formula is C19H27ClN2O2. The van der Waals surface area contributed by atoms with Crippen LogP contribution in [0.25, 0.3) is 0 Å². The van der Waals surface area contributed by atoms with Gasteiger partial charge in [-0.1, -0.05) is 30.2 Å². The molecule has 2 fully saturated rings. The average molecular weight is 351 g/mol. The molecule has 1 aliphatic heterocycles. The van der Waals surface area contributed by atoms with Crippen molar-refractivity contribution in [3.05, 3.63) is 34.9 Å². The lowest BCUT2D eigenvalue weighted by atomic mass is 9.74. The largest absolute Gasteiger partial charge is 0.381 e. The molecule has 1 amide bonds. The number of nitrogens with two attached hydrogens (primary N) is 1.